The molecule has 0 aliphatic heterocycles. The van der Waals surface area contributed by atoms with E-state index in [9.17, 15) is 13.2 Å². The van der Waals surface area contributed by atoms with Crippen molar-refractivity contribution < 1.29 is 13.2 Å². The van der Waals surface area contributed by atoms with Gasteiger partial charge in [0.2, 0.25) is 0 Å². The molecule has 1 rings (SSSR count). The molecule has 0 aliphatic rings. The predicted octanol–water partition coefficient (Wildman–Crippen LogP) is 3.10. The second-order valence-electron chi connectivity index (χ2n) is 2.85. The molecule has 0 unspecified atom stereocenters. The summed E-state index contributed by atoms with van der Waals surface area (Å²) >= 11 is 1.33. The monoisotopic (exact) mass is 221 g/mol. The maximum absolute atomic E-state index is 12.2. The Balaban J connectivity index is 2.79. The van der Waals surface area contributed by atoms with E-state index in [-0.39, 0.29) is 5.37 Å². The number of hydrogen-bond donors (Lipinski definition) is 1. The molecule has 1 aromatic carbocycles. The van der Waals surface area contributed by atoms with E-state index in [1.807, 2.05) is 0 Å². The third kappa shape index (κ3) is 3.23. The molecular weight excluding hydrogens is 211 g/mol. The molecule has 0 fully saturated rings. The first kappa shape index (κ1) is 11.4. The molecule has 0 aromatic heterocycles. The molecule has 14 heavy (non-hydrogen) atoms. The molecule has 1 atom stereocenters. The minimum Gasteiger partial charge on any atom is -0.319 e. The van der Waals surface area contributed by atoms with E-state index in [0.717, 1.165) is 17.0 Å². The SMILES string of the molecule is C[C@H](N)Sc1ccc(C(F)(F)F)cc1. The van der Waals surface area contributed by atoms with Gasteiger partial charge in [0.1, 0.15) is 0 Å². The number of halogens is 3. The van der Waals surface area contributed by atoms with Crippen molar-refractivity contribution >= 4 is 11.8 Å². The lowest BCUT2D eigenvalue weighted by molar-refractivity contribution is -0.137. The zero-order chi connectivity index (χ0) is 10.8. The molecule has 0 radical (unpaired) electrons. The molecule has 1 aromatic rings. The smallest absolute Gasteiger partial charge is 0.319 e. The Labute approximate surface area is 84.5 Å². The average Bonchev–Trinajstić information content (AvgIpc) is 2.02. The fourth-order valence-corrected chi connectivity index (χ4v) is 1.66. The fourth-order valence-electron chi connectivity index (χ4n) is 0.937. The molecular formula is C9H10F3NS. The van der Waals surface area contributed by atoms with Crippen molar-refractivity contribution in [1.82, 2.24) is 0 Å². The van der Waals surface area contributed by atoms with E-state index >= 15 is 0 Å². The molecule has 2 N–H and O–H groups in total. The minimum absolute atomic E-state index is 0.119. The second-order valence-corrected chi connectivity index (χ2v) is 4.30. The zero-order valence-electron chi connectivity index (χ0n) is 7.51. The first-order valence-corrected chi connectivity index (χ1v) is 4.87. The van der Waals surface area contributed by atoms with Crippen molar-refractivity contribution in [2.24, 2.45) is 5.73 Å². The van der Waals surface area contributed by atoms with Crippen LogP contribution in [-0.2, 0) is 6.18 Å². The highest BCUT2D eigenvalue weighted by Gasteiger charge is 2.29. The van der Waals surface area contributed by atoms with Gasteiger partial charge in [-0.1, -0.05) is 0 Å². The van der Waals surface area contributed by atoms with Gasteiger partial charge in [0.25, 0.3) is 0 Å². The largest absolute Gasteiger partial charge is 0.416 e. The maximum atomic E-state index is 12.2. The highest BCUT2D eigenvalue weighted by Crippen LogP contribution is 2.31. The van der Waals surface area contributed by atoms with Crippen molar-refractivity contribution in [1.29, 1.82) is 0 Å². The molecule has 0 saturated carbocycles. The van der Waals surface area contributed by atoms with Crippen LogP contribution in [0.5, 0.6) is 0 Å². The van der Waals surface area contributed by atoms with Crippen LogP contribution in [0, 0.1) is 0 Å². The van der Waals surface area contributed by atoms with Gasteiger partial charge in [-0.05, 0) is 31.2 Å². The van der Waals surface area contributed by atoms with Crippen molar-refractivity contribution in [3.63, 3.8) is 0 Å². The molecule has 0 amide bonds. The molecule has 0 bridgehead atoms. The third-order valence-corrected chi connectivity index (χ3v) is 2.42. The van der Waals surface area contributed by atoms with E-state index in [1.54, 1.807) is 6.92 Å². The summed E-state index contributed by atoms with van der Waals surface area (Å²) < 4.78 is 36.5. The highest BCUT2D eigenvalue weighted by molar-refractivity contribution is 7.99. The van der Waals surface area contributed by atoms with Crippen LogP contribution in [0.15, 0.2) is 29.2 Å². The Bertz CT molecular complexity index is 292. The van der Waals surface area contributed by atoms with Crippen molar-refractivity contribution in [3.05, 3.63) is 29.8 Å². The van der Waals surface area contributed by atoms with Crippen LogP contribution in [0.3, 0.4) is 0 Å². The average molecular weight is 221 g/mol. The van der Waals surface area contributed by atoms with E-state index in [4.69, 9.17) is 5.73 Å². The Morgan fingerprint density at radius 2 is 1.71 bits per heavy atom. The number of rotatable bonds is 2. The predicted molar refractivity (Wildman–Crippen MR) is 51.0 cm³/mol. The van der Waals surface area contributed by atoms with Gasteiger partial charge in [-0.3, -0.25) is 0 Å². The van der Waals surface area contributed by atoms with Crippen LogP contribution in [0.2, 0.25) is 0 Å². The lowest BCUT2D eigenvalue weighted by Crippen LogP contribution is -2.09. The van der Waals surface area contributed by atoms with Gasteiger partial charge in [0.15, 0.2) is 0 Å². The molecule has 0 saturated heterocycles. The number of hydrogen-bond acceptors (Lipinski definition) is 2. The Morgan fingerprint density at radius 1 is 1.21 bits per heavy atom. The van der Waals surface area contributed by atoms with E-state index in [0.29, 0.717) is 0 Å². The summed E-state index contributed by atoms with van der Waals surface area (Å²) in [5.41, 5.74) is 4.86. The number of nitrogens with two attached hydrogens (primary N) is 1. The minimum atomic E-state index is -4.27. The summed E-state index contributed by atoms with van der Waals surface area (Å²) in [6.07, 6.45) is -4.27. The van der Waals surface area contributed by atoms with Gasteiger partial charge in [-0.15, -0.1) is 11.8 Å². The second kappa shape index (κ2) is 4.23. The van der Waals surface area contributed by atoms with Crippen molar-refractivity contribution in [2.75, 3.05) is 0 Å². The fraction of sp³-hybridized carbons (Fsp3) is 0.333. The van der Waals surface area contributed by atoms with Crippen LogP contribution in [0.4, 0.5) is 13.2 Å². The third-order valence-electron chi connectivity index (χ3n) is 1.50. The van der Waals surface area contributed by atoms with Gasteiger partial charge in [0, 0.05) is 4.90 Å². The first-order chi connectivity index (χ1) is 6.39. The summed E-state index contributed by atoms with van der Waals surface area (Å²) in [7, 11) is 0. The van der Waals surface area contributed by atoms with Crippen molar-refractivity contribution in [3.8, 4) is 0 Å². The molecule has 1 nitrogen and oxygen atoms in total. The van der Waals surface area contributed by atoms with Gasteiger partial charge < -0.3 is 5.73 Å². The molecule has 0 aliphatic carbocycles. The normalized spacial score (nSPS) is 14.1. The van der Waals surface area contributed by atoms with Gasteiger partial charge in [-0.25, -0.2) is 0 Å². The van der Waals surface area contributed by atoms with Crippen LogP contribution in [-0.4, -0.2) is 5.37 Å². The lowest BCUT2D eigenvalue weighted by Gasteiger charge is -2.08. The highest BCUT2D eigenvalue weighted by atomic mass is 32.2. The summed E-state index contributed by atoms with van der Waals surface area (Å²) in [5, 5.41) is -0.119. The maximum Gasteiger partial charge on any atom is 0.416 e. The van der Waals surface area contributed by atoms with Gasteiger partial charge in [-0.2, -0.15) is 13.2 Å². The summed E-state index contributed by atoms with van der Waals surface area (Å²) in [5.74, 6) is 0. The van der Waals surface area contributed by atoms with E-state index < -0.39 is 11.7 Å². The lowest BCUT2D eigenvalue weighted by atomic mass is 10.2. The quantitative estimate of drug-likeness (QED) is 0.613. The van der Waals surface area contributed by atoms with E-state index in [2.05, 4.69) is 0 Å². The Hall–Kier alpha value is -0.680. The molecule has 0 heterocycles. The zero-order valence-corrected chi connectivity index (χ0v) is 8.32. The summed E-state index contributed by atoms with van der Waals surface area (Å²) in [6.45, 7) is 1.78. The summed E-state index contributed by atoms with van der Waals surface area (Å²) in [6, 6.07) is 4.98. The Morgan fingerprint density at radius 3 is 2.07 bits per heavy atom. The van der Waals surface area contributed by atoms with Crippen LogP contribution in [0.25, 0.3) is 0 Å². The van der Waals surface area contributed by atoms with Gasteiger partial charge in [0.05, 0.1) is 10.9 Å². The van der Waals surface area contributed by atoms with Gasteiger partial charge >= 0.3 is 6.18 Å². The molecule has 5 heteroatoms. The Kier molecular flexibility index (Phi) is 3.44. The topological polar surface area (TPSA) is 26.0 Å². The first-order valence-electron chi connectivity index (χ1n) is 3.99. The van der Waals surface area contributed by atoms with Crippen LogP contribution in [0.1, 0.15) is 12.5 Å². The molecule has 78 valence electrons. The number of benzene rings is 1. The van der Waals surface area contributed by atoms with Crippen LogP contribution < -0.4 is 5.73 Å². The molecule has 0 spiro atoms. The summed E-state index contributed by atoms with van der Waals surface area (Å²) in [4.78, 5) is 0.744. The number of thioether (sulfide) groups is 1. The van der Waals surface area contributed by atoms with Crippen molar-refractivity contribution in [2.45, 2.75) is 23.4 Å². The standard InChI is InChI=1S/C9H10F3NS/c1-6(13)14-8-4-2-7(3-5-8)9(10,11)12/h2-6H,13H2,1H3/t6-/m1/s1. The van der Waals surface area contributed by atoms with Crippen LogP contribution >= 0.6 is 11.8 Å². The number of alkyl halides is 3. The van der Waals surface area contributed by atoms with E-state index in [1.165, 1.54) is 23.9 Å².